The molecule has 18 nitrogen and oxygen atoms in total. The molecule has 0 aromatic heterocycles. The van der Waals surface area contributed by atoms with E-state index in [1.165, 1.54) is 17.0 Å². The van der Waals surface area contributed by atoms with Crippen LogP contribution in [-0.2, 0) is 55.9 Å². The molecule has 5 rings (SSSR count). The zero-order chi connectivity index (χ0) is 46.4. The Bertz CT molecular complexity index is 2150. The Kier molecular flexibility index (Phi) is 17.0. The van der Waals surface area contributed by atoms with Crippen LogP contribution in [0.1, 0.15) is 57.6 Å². The van der Waals surface area contributed by atoms with Crippen LogP contribution < -0.4 is 31.3 Å². The highest BCUT2D eigenvalue weighted by molar-refractivity contribution is 6.32. The molecule has 18 heteroatoms. The number of nitrogens with one attached hydrogen (secondary N) is 5. The lowest BCUT2D eigenvalue weighted by molar-refractivity contribution is -0.159. The lowest BCUT2D eigenvalue weighted by Gasteiger charge is -2.32. The fourth-order valence-electron chi connectivity index (χ4n) is 7.59. The van der Waals surface area contributed by atoms with Crippen molar-refractivity contribution in [2.75, 3.05) is 38.7 Å². The number of para-hydroxylation sites is 2. The van der Waals surface area contributed by atoms with Crippen LogP contribution in [0.5, 0.6) is 5.75 Å². The van der Waals surface area contributed by atoms with E-state index < -0.39 is 90.4 Å². The van der Waals surface area contributed by atoms with E-state index >= 15 is 0 Å². The molecule has 3 aromatic carbocycles. The third kappa shape index (κ3) is 13.6. The predicted octanol–water partition coefficient (Wildman–Crippen LogP) is 1.01. The average Bonchev–Trinajstić information content (AvgIpc) is 3.98. The summed E-state index contributed by atoms with van der Waals surface area (Å²) in [7, 11) is 1.07. The molecule has 7 amide bonds. The van der Waals surface area contributed by atoms with Crippen LogP contribution in [0, 0.1) is 0 Å². The first-order valence-corrected chi connectivity index (χ1v) is 21.2. The zero-order valence-electron chi connectivity index (χ0n) is 36.5. The van der Waals surface area contributed by atoms with E-state index in [4.69, 9.17) is 4.74 Å². The quantitative estimate of drug-likeness (QED) is 0.0826. The maximum absolute atomic E-state index is 13.7. The highest BCUT2D eigenvalue weighted by Crippen LogP contribution is 2.25. The molecule has 0 spiro atoms. The number of ether oxygens (including phenoxy) is 2. The normalized spacial score (nSPS) is 17.3. The first kappa shape index (κ1) is 48.2. The molecule has 5 atom stereocenters. The number of methoxy groups -OCH3 is 1. The minimum absolute atomic E-state index is 0.0568. The minimum Gasteiger partial charge on any atom is -0.482 e. The van der Waals surface area contributed by atoms with Gasteiger partial charge < -0.3 is 51.0 Å². The van der Waals surface area contributed by atoms with Gasteiger partial charge in [0.2, 0.25) is 23.6 Å². The number of benzene rings is 3. The minimum atomic E-state index is -1.69. The van der Waals surface area contributed by atoms with Crippen molar-refractivity contribution in [1.29, 1.82) is 0 Å². The Hall–Kier alpha value is -6.82. The number of rotatable bonds is 17. The molecule has 6 N–H and O–H groups in total. The van der Waals surface area contributed by atoms with E-state index in [0.717, 1.165) is 17.6 Å². The standard InChI is InChI=1S/C46H57N7O11/c1-46(2,3)51-42(59)35-21-14-23-52(35)43(60)39(56)32(25-29-15-7-5-8-16-29)49-38(55)28-64-36-22-12-11-19-31(36)48-37(54)27-47-40(57)33(26-30-17-9-6-10-18-30)50-41(58)34-20-13-24-53(34)44(61)45(62)63-4/h5-12,15-19,22,32-35,39,56H,13-14,20-21,23-28H2,1-4H3,(H,47,57)(H,48,54)(H,49,55)(H,50,58)(H,51,59)/t32-,33+,34-,35+,39-/m0/s1. The molecule has 64 heavy (non-hydrogen) atoms. The average molecular weight is 884 g/mol. The van der Waals surface area contributed by atoms with Crippen molar-refractivity contribution < 1.29 is 52.9 Å². The van der Waals surface area contributed by atoms with Gasteiger partial charge in [-0.2, -0.15) is 0 Å². The van der Waals surface area contributed by atoms with Gasteiger partial charge in [-0.15, -0.1) is 0 Å². The van der Waals surface area contributed by atoms with E-state index in [9.17, 15) is 43.5 Å². The van der Waals surface area contributed by atoms with Gasteiger partial charge in [-0.3, -0.25) is 33.6 Å². The molecular weight excluding hydrogens is 827 g/mol. The van der Waals surface area contributed by atoms with Crippen molar-refractivity contribution >= 4 is 53.0 Å². The molecule has 2 fully saturated rings. The summed E-state index contributed by atoms with van der Waals surface area (Å²) in [5.74, 6) is -5.62. The van der Waals surface area contributed by atoms with Crippen LogP contribution in [0.2, 0.25) is 0 Å². The number of nitrogens with zero attached hydrogens (tertiary/aromatic N) is 2. The number of esters is 1. The fraction of sp³-hybridized carbons (Fsp3) is 0.435. The second kappa shape index (κ2) is 22.5. The molecular formula is C46H57N7O11. The van der Waals surface area contributed by atoms with Crippen LogP contribution in [0.4, 0.5) is 5.69 Å². The number of amides is 7. The monoisotopic (exact) mass is 883 g/mol. The van der Waals surface area contributed by atoms with Gasteiger partial charge in [0.25, 0.3) is 11.8 Å². The smallest absolute Gasteiger partial charge is 0.396 e. The summed E-state index contributed by atoms with van der Waals surface area (Å²) in [5, 5.41) is 25.0. The van der Waals surface area contributed by atoms with Gasteiger partial charge in [0.1, 0.15) is 23.9 Å². The number of aliphatic hydroxyl groups is 1. The molecule has 342 valence electrons. The molecule has 0 unspecified atom stereocenters. The predicted molar refractivity (Wildman–Crippen MR) is 233 cm³/mol. The van der Waals surface area contributed by atoms with Gasteiger partial charge in [-0.1, -0.05) is 72.8 Å². The van der Waals surface area contributed by atoms with Gasteiger partial charge in [0.15, 0.2) is 12.7 Å². The first-order chi connectivity index (χ1) is 30.5. The Morgan fingerprint density at radius 2 is 1.31 bits per heavy atom. The maximum Gasteiger partial charge on any atom is 0.396 e. The summed E-state index contributed by atoms with van der Waals surface area (Å²) in [6, 6.07) is 20.1. The number of carbonyl (C=O) groups excluding carboxylic acids is 8. The summed E-state index contributed by atoms with van der Waals surface area (Å²) in [6.45, 7) is 4.86. The van der Waals surface area contributed by atoms with E-state index in [1.54, 1.807) is 66.7 Å². The number of hydrogen-bond donors (Lipinski definition) is 6. The summed E-state index contributed by atoms with van der Waals surface area (Å²) in [6.07, 6.45) is 0.199. The van der Waals surface area contributed by atoms with Crippen LogP contribution >= 0.6 is 0 Å². The first-order valence-electron chi connectivity index (χ1n) is 21.2. The van der Waals surface area contributed by atoms with Crippen molar-refractivity contribution in [3.63, 3.8) is 0 Å². The molecule has 0 bridgehead atoms. The van der Waals surface area contributed by atoms with Crippen molar-refractivity contribution in [1.82, 2.24) is 31.1 Å². The van der Waals surface area contributed by atoms with Crippen LogP contribution in [0.3, 0.4) is 0 Å². The van der Waals surface area contributed by atoms with Crippen molar-refractivity contribution in [3.05, 3.63) is 96.1 Å². The molecule has 2 aliphatic rings. The van der Waals surface area contributed by atoms with Crippen molar-refractivity contribution in [2.24, 2.45) is 0 Å². The molecule has 2 aliphatic heterocycles. The molecule has 0 aliphatic carbocycles. The summed E-state index contributed by atoms with van der Waals surface area (Å²) in [5.41, 5.74) is 1.10. The molecule has 0 radical (unpaired) electrons. The highest BCUT2D eigenvalue weighted by atomic mass is 16.5. The van der Waals surface area contributed by atoms with Gasteiger partial charge in [0, 0.05) is 25.0 Å². The Morgan fingerprint density at radius 3 is 1.94 bits per heavy atom. The number of anilines is 1. The Morgan fingerprint density at radius 1 is 0.734 bits per heavy atom. The summed E-state index contributed by atoms with van der Waals surface area (Å²) >= 11 is 0. The molecule has 2 heterocycles. The fourth-order valence-corrected chi connectivity index (χ4v) is 7.59. The Labute approximate surface area is 371 Å². The maximum atomic E-state index is 13.7. The third-order valence-electron chi connectivity index (χ3n) is 10.7. The van der Waals surface area contributed by atoms with E-state index in [2.05, 4.69) is 31.3 Å². The number of hydrogen-bond acceptors (Lipinski definition) is 11. The van der Waals surface area contributed by atoms with E-state index in [1.807, 2.05) is 26.8 Å². The van der Waals surface area contributed by atoms with Crippen LogP contribution in [0.15, 0.2) is 84.9 Å². The van der Waals surface area contributed by atoms with Crippen molar-refractivity contribution in [2.45, 2.75) is 95.1 Å². The number of aliphatic hydroxyl groups excluding tert-OH is 1. The SMILES string of the molecule is COC(=O)C(=O)N1CCC[C@H]1C(=O)N[C@H](Cc1ccccc1)C(=O)NCC(=O)Nc1ccccc1OCC(=O)N[C@@H](Cc1ccccc1)[C@H](O)C(=O)N1CCC[C@@H]1C(=O)NC(C)(C)C. The molecule has 3 aromatic rings. The van der Waals surface area contributed by atoms with Crippen molar-refractivity contribution in [3.8, 4) is 5.75 Å². The lowest BCUT2D eigenvalue weighted by atomic mass is 9.99. The third-order valence-corrected chi connectivity index (χ3v) is 10.7. The summed E-state index contributed by atoms with van der Waals surface area (Å²) < 4.78 is 10.3. The van der Waals surface area contributed by atoms with Crippen LogP contribution in [0.25, 0.3) is 0 Å². The topological polar surface area (TPSA) is 242 Å². The highest BCUT2D eigenvalue weighted by Gasteiger charge is 2.41. The van der Waals surface area contributed by atoms with Gasteiger partial charge >= 0.3 is 11.9 Å². The van der Waals surface area contributed by atoms with Gasteiger partial charge in [-0.05, 0) is 76.1 Å². The number of carbonyl (C=O) groups is 8. The largest absolute Gasteiger partial charge is 0.482 e. The van der Waals surface area contributed by atoms with Gasteiger partial charge in [0.05, 0.1) is 25.4 Å². The summed E-state index contributed by atoms with van der Waals surface area (Å²) in [4.78, 5) is 107. The second-order valence-corrected chi connectivity index (χ2v) is 16.7. The Balaban J connectivity index is 1.20. The van der Waals surface area contributed by atoms with Crippen LogP contribution in [-0.4, -0.2) is 131 Å². The van der Waals surface area contributed by atoms with E-state index in [-0.39, 0.29) is 49.7 Å². The lowest BCUT2D eigenvalue weighted by Crippen LogP contribution is -2.57. The number of likely N-dealkylation sites (tertiary alicyclic amines) is 2. The second-order valence-electron chi connectivity index (χ2n) is 16.7. The van der Waals surface area contributed by atoms with E-state index in [0.29, 0.717) is 24.8 Å². The zero-order valence-corrected chi connectivity index (χ0v) is 36.5. The van der Waals surface area contributed by atoms with Gasteiger partial charge in [-0.25, -0.2) is 4.79 Å². The molecule has 0 saturated carbocycles. The molecule has 2 saturated heterocycles.